The topological polar surface area (TPSA) is 50.8 Å². The molecule has 0 saturated carbocycles. The van der Waals surface area contributed by atoms with Gasteiger partial charge in [0.2, 0.25) is 0 Å². The molecule has 4 aromatic heterocycles. The van der Waals surface area contributed by atoms with Crippen molar-refractivity contribution in [2.24, 2.45) is 0 Å². The predicted octanol–water partition coefficient (Wildman–Crippen LogP) is 7.47. The molecule has 42 heavy (non-hydrogen) atoms. The normalized spacial score (nSPS) is 13.5. The summed E-state index contributed by atoms with van der Waals surface area (Å²) < 4.78 is 10.7. The van der Waals surface area contributed by atoms with Crippen molar-refractivity contribution in [2.75, 3.05) is 11.9 Å². The Balaban J connectivity index is 0.00000316. The van der Waals surface area contributed by atoms with Gasteiger partial charge < -0.3 is 23.5 Å². The van der Waals surface area contributed by atoms with Crippen molar-refractivity contribution in [1.29, 1.82) is 0 Å². The number of benzene rings is 2. The molecule has 1 aliphatic rings. The molecule has 0 spiro atoms. The van der Waals surface area contributed by atoms with Gasteiger partial charge in [-0.15, -0.1) is 23.6 Å². The molecule has 6 aromatic rings. The van der Waals surface area contributed by atoms with Gasteiger partial charge in [0, 0.05) is 61.3 Å². The van der Waals surface area contributed by atoms with Gasteiger partial charge in [-0.25, -0.2) is 4.98 Å². The average Bonchev–Trinajstić information content (AvgIpc) is 3.61. The van der Waals surface area contributed by atoms with Crippen LogP contribution in [-0.2, 0) is 26.5 Å². The number of aromatic nitrogens is 4. The summed E-state index contributed by atoms with van der Waals surface area (Å²) in [4.78, 5) is 13.6. The minimum Gasteiger partial charge on any atom is -0.510 e. The van der Waals surface area contributed by atoms with E-state index in [1.807, 2.05) is 61.3 Å². The summed E-state index contributed by atoms with van der Waals surface area (Å²) in [6.07, 6.45) is 7.81. The second-order valence-corrected chi connectivity index (χ2v) is 11.6. The van der Waals surface area contributed by atoms with Crippen LogP contribution in [0.5, 0.6) is 11.5 Å². The molecule has 0 fully saturated rings. The summed E-state index contributed by atoms with van der Waals surface area (Å²) in [7, 11) is 1.99. The zero-order chi connectivity index (χ0) is 28.5. The molecule has 8 heteroatoms. The van der Waals surface area contributed by atoms with E-state index in [2.05, 4.69) is 91.3 Å². The summed E-state index contributed by atoms with van der Waals surface area (Å²) >= 11 is 0. The van der Waals surface area contributed by atoms with Crippen molar-refractivity contribution in [3.05, 3.63) is 109 Å². The molecular formula is C34H31N6OPt-3. The van der Waals surface area contributed by atoms with E-state index in [0.29, 0.717) is 11.5 Å². The Morgan fingerprint density at radius 3 is 2.50 bits per heavy atom. The molecule has 0 atom stereocenters. The van der Waals surface area contributed by atoms with Crippen LogP contribution in [0.25, 0.3) is 33.3 Å². The van der Waals surface area contributed by atoms with E-state index in [1.165, 1.54) is 5.56 Å². The maximum Gasteiger partial charge on any atom is 0.135 e. The maximum atomic E-state index is 6.48. The van der Waals surface area contributed by atoms with E-state index in [-0.39, 0.29) is 26.5 Å². The van der Waals surface area contributed by atoms with E-state index in [4.69, 9.17) is 14.7 Å². The first kappa shape index (κ1) is 28.0. The van der Waals surface area contributed by atoms with Gasteiger partial charge in [-0.3, -0.25) is 4.98 Å². The average molecular weight is 735 g/mol. The van der Waals surface area contributed by atoms with Gasteiger partial charge in [0.05, 0.1) is 0 Å². The third-order valence-corrected chi connectivity index (χ3v) is 7.73. The second-order valence-electron chi connectivity index (χ2n) is 11.6. The van der Waals surface area contributed by atoms with Gasteiger partial charge >= 0.3 is 0 Å². The molecule has 216 valence electrons. The van der Waals surface area contributed by atoms with E-state index < -0.39 is 0 Å². The zero-order valence-corrected chi connectivity index (χ0v) is 26.7. The Hall–Kier alpha value is -4.09. The summed E-state index contributed by atoms with van der Waals surface area (Å²) in [6, 6.07) is 23.8. The molecule has 2 aromatic carbocycles. The fraction of sp³-hybridized carbons (Fsp3) is 0.206. The zero-order valence-electron chi connectivity index (χ0n) is 24.4. The maximum absolute atomic E-state index is 6.48. The van der Waals surface area contributed by atoms with Crippen LogP contribution >= 0.6 is 0 Å². The first-order valence-corrected chi connectivity index (χ1v) is 13.7. The molecule has 5 heterocycles. The van der Waals surface area contributed by atoms with Gasteiger partial charge in [0.25, 0.3) is 0 Å². The summed E-state index contributed by atoms with van der Waals surface area (Å²) in [6.45, 7) is 12.7. The molecular weight excluding hydrogens is 703 g/mol. The van der Waals surface area contributed by atoms with E-state index >= 15 is 0 Å². The number of ether oxygens (including phenoxy) is 1. The molecule has 0 unspecified atom stereocenters. The number of pyridine rings is 2. The second kappa shape index (κ2) is 10.3. The fourth-order valence-corrected chi connectivity index (χ4v) is 5.39. The van der Waals surface area contributed by atoms with Crippen LogP contribution in [0, 0.1) is 32.6 Å². The van der Waals surface area contributed by atoms with Gasteiger partial charge in [0.15, 0.2) is 0 Å². The number of fused-ring (bicyclic) bond motifs is 4. The van der Waals surface area contributed by atoms with Crippen LogP contribution in [0.4, 0.5) is 5.69 Å². The number of para-hydroxylation sites is 1. The van der Waals surface area contributed by atoms with Crippen LogP contribution < -0.4 is 9.64 Å². The number of nitrogens with zero attached hydrogens (tertiary/aromatic N) is 6. The van der Waals surface area contributed by atoms with Gasteiger partial charge in [-0.05, 0) is 67.9 Å². The molecule has 0 amide bonds. The Bertz CT molecular complexity index is 2000. The molecule has 0 aliphatic carbocycles. The molecule has 0 bridgehead atoms. The molecule has 0 N–H and O–H groups in total. The molecule has 7 nitrogen and oxygen atoms in total. The smallest absolute Gasteiger partial charge is 0.135 e. The number of imidazole rings is 1. The largest absolute Gasteiger partial charge is 0.510 e. The third kappa shape index (κ3) is 4.66. The van der Waals surface area contributed by atoms with Crippen molar-refractivity contribution >= 4 is 33.1 Å². The van der Waals surface area contributed by atoms with Gasteiger partial charge in [0.1, 0.15) is 5.82 Å². The van der Waals surface area contributed by atoms with Crippen LogP contribution in [0.3, 0.4) is 0 Å². The van der Waals surface area contributed by atoms with Gasteiger partial charge in [-0.2, -0.15) is 12.7 Å². The Morgan fingerprint density at radius 1 is 0.929 bits per heavy atom. The van der Waals surface area contributed by atoms with Crippen LogP contribution in [-0.4, -0.2) is 30.9 Å². The monoisotopic (exact) mass is 734 g/mol. The fourth-order valence-electron chi connectivity index (χ4n) is 5.39. The Morgan fingerprint density at radius 2 is 1.74 bits per heavy atom. The molecule has 0 saturated heterocycles. The molecule has 1 aliphatic heterocycles. The summed E-state index contributed by atoms with van der Waals surface area (Å²) in [5.41, 5.74) is 6.88. The minimum absolute atomic E-state index is 0. The van der Waals surface area contributed by atoms with Gasteiger partial charge in [-0.1, -0.05) is 56.4 Å². The molecule has 7 rings (SSSR count). The number of hydrogen-bond donors (Lipinski definition) is 0. The van der Waals surface area contributed by atoms with Crippen molar-refractivity contribution in [2.45, 2.75) is 40.0 Å². The first-order valence-electron chi connectivity index (χ1n) is 13.7. The Kier molecular flexibility index (Phi) is 6.89. The number of anilines is 1. The minimum atomic E-state index is 0. The predicted molar refractivity (Wildman–Crippen MR) is 163 cm³/mol. The van der Waals surface area contributed by atoms with Crippen molar-refractivity contribution in [1.82, 2.24) is 23.8 Å². The van der Waals surface area contributed by atoms with Crippen molar-refractivity contribution in [3.63, 3.8) is 0 Å². The van der Waals surface area contributed by atoms with Crippen LogP contribution in [0.15, 0.2) is 73.3 Å². The summed E-state index contributed by atoms with van der Waals surface area (Å²) in [5, 5.41) is 2.24. The van der Waals surface area contributed by atoms with E-state index in [1.54, 1.807) is 0 Å². The number of hydrogen-bond acceptors (Lipinski definition) is 5. The SMILES string of the molecule is Cc1nc2c(N3C=CN(C)[CH-]3)[c-]c(Oc3[c-]c4c(cc3)c3ccccc3n4-c3cc(C(C)(C)C)ccn3)cn2c1C.[Pt]. The van der Waals surface area contributed by atoms with Crippen LogP contribution in [0.2, 0.25) is 0 Å². The quantitative estimate of drug-likeness (QED) is 0.176. The van der Waals surface area contributed by atoms with E-state index in [9.17, 15) is 0 Å². The van der Waals surface area contributed by atoms with Crippen molar-refractivity contribution in [3.8, 4) is 17.3 Å². The standard InChI is InChI=1S/C34H31N6O.Pt/c1-22-23(2)39-20-26(19-31(33(39)36-22)38-16-15-37(6)21-38)41-25-11-12-28-27-9-7-8-10-29(27)40(30(28)18-25)32-17-24(13-14-35-32)34(3,4)5;/h7-17,20-21H,1-6H3;/q-3;. The first-order chi connectivity index (χ1) is 19.7. The van der Waals surface area contributed by atoms with Crippen LogP contribution in [0.1, 0.15) is 37.7 Å². The molecule has 0 radical (unpaired) electrons. The van der Waals surface area contributed by atoms with E-state index in [0.717, 1.165) is 50.3 Å². The third-order valence-electron chi connectivity index (χ3n) is 7.73. The summed E-state index contributed by atoms with van der Waals surface area (Å²) in [5.74, 6) is 2.04. The Labute approximate surface area is 260 Å². The number of aryl methyl sites for hydroxylation is 2. The van der Waals surface area contributed by atoms with Crippen molar-refractivity contribution < 1.29 is 25.8 Å². The number of rotatable bonds is 4.